The molecular formula is C13H18ClNO2. The first kappa shape index (κ1) is 12.7. The fourth-order valence-corrected chi connectivity index (χ4v) is 2.66. The van der Waals surface area contributed by atoms with Crippen molar-refractivity contribution in [1.29, 1.82) is 0 Å². The second-order valence-corrected chi connectivity index (χ2v) is 5.02. The van der Waals surface area contributed by atoms with E-state index in [-0.39, 0.29) is 12.4 Å². The standard InChI is InChI=1S/C13H18ClNO2/c14-11-5-1-3-9(13(11)17)7-15-12-6-2-4-10(12)8-16/h1,3,5,10,12,15-17H,2,4,6-8H2. The number of para-hydroxylation sites is 1. The van der Waals surface area contributed by atoms with Gasteiger partial charge in [0.1, 0.15) is 5.75 Å². The molecule has 0 radical (unpaired) electrons. The van der Waals surface area contributed by atoms with E-state index in [0.29, 0.717) is 23.5 Å². The molecule has 0 aliphatic heterocycles. The maximum Gasteiger partial charge on any atom is 0.138 e. The van der Waals surface area contributed by atoms with Crippen LogP contribution in [0.2, 0.25) is 5.02 Å². The number of aliphatic hydroxyl groups excluding tert-OH is 1. The van der Waals surface area contributed by atoms with E-state index in [1.165, 1.54) is 0 Å². The molecule has 4 heteroatoms. The number of nitrogens with one attached hydrogen (secondary N) is 1. The Kier molecular flexibility index (Phi) is 4.26. The molecule has 3 nitrogen and oxygen atoms in total. The van der Waals surface area contributed by atoms with Crippen molar-refractivity contribution < 1.29 is 10.2 Å². The normalized spacial score (nSPS) is 24.1. The molecular weight excluding hydrogens is 238 g/mol. The lowest BCUT2D eigenvalue weighted by Crippen LogP contribution is -2.33. The maximum atomic E-state index is 9.77. The number of halogens is 1. The van der Waals surface area contributed by atoms with Crippen molar-refractivity contribution in [2.75, 3.05) is 6.61 Å². The van der Waals surface area contributed by atoms with E-state index in [1.54, 1.807) is 6.07 Å². The molecule has 0 saturated heterocycles. The fraction of sp³-hybridized carbons (Fsp3) is 0.538. The summed E-state index contributed by atoms with van der Waals surface area (Å²) in [5.41, 5.74) is 0.807. The summed E-state index contributed by atoms with van der Waals surface area (Å²) in [7, 11) is 0. The van der Waals surface area contributed by atoms with Crippen molar-refractivity contribution >= 4 is 11.6 Å². The Hall–Kier alpha value is -0.770. The largest absolute Gasteiger partial charge is 0.506 e. The third-order valence-electron chi connectivity index (χ3n) is 3.52. The number of rotatable bonds is 4. The smallest absolute Gasteiger partial charge is 0.138 e. The number of phenolic OH excluding ortho intramolecular Hbond substituents is 1. The monoisotopic (exact) mass is 255 g/mol. The number of benzene rings is 1. The van der Waals surface area contributed by atoms with Crippen molar-refractivity contribution in [1.82, 2.24) is 5.32 Å². The number of aromatic hydroxyl groups is 1. The summed E-state index contributed by atoms with van der Waals surface area (Å²) in [4.78, 5) is 0. The molecule has 2 atom stereocenters. The molecule has 0 amide bonds. The number of hydrogen-bond donors (Lipinski definition) is 3. The minimum atomic E-state index is 0.153. The molecule has 1 aliphatic carbocycles. The van der Waals surface area contributed by atoms with Crippen molar-refractivity contribution in [2.45, 2.75) is 31.8 Å². The maximum absolute atomic E-state index is 9.77. The average Bonchev–Trinajstić information content (AvgIpc) is 2.78. The van der Waals surface area contributed by atoms with Crippen LogP contribution in [-0.4, -0.2) is 22.9 Å². The average molecular weight is 256 g/mol. The Morgan fingerprint density at radius 1 is 1.35 bits per heavy atom. The zero-order valence-corrected chi connectivity index (χ0v) is 10.5. The SMILES string of the molecule is OCC1CCCC1NCc1cccc(Cl)c1O. The summed E-state index contributed by atoms with van der Waals surface area (Å²) in [5, 5.41) is 22.8. The van der Waals surface area contributed by atoms with Gasteiger partial charge in [0.05, 0.1) is 5.02 Å². The number of hydrogen-bond acceptors (Lipinski definition) is 3. The van der Waals surface area contributed by atoms with Gasteiger partial charge in [0.25, 0.3) is 0 Å². The Bertz CT molecular complexity index is 384. The Labute approximate surface area is 106 Å². The highest BCUT2D eigenvalue weighted by Crippen LogP contribution is 2.29. The first-order valence-corrected chi connectivity index (χ1v) is 6.40. The molecule has 3 N–H and O–H groups in total. The lowest BCUT2D eigenvalue weighted by atomic mass is 10.0. The van der Waals surface area contributed by atoms with Crippen LogP contribution in [0, 0.1) is 5.92 Å². The summed E-state index contributed by atoms with van der Waals surface area (Å²) in [6.07, 6.45) is 3.33. The zero-order valence-electron chi connectivity index (χ0n) is 9.69. The highest BCUT2D eigenvalue weighted by Gasteiger charge is 2.26. The molecule has 17 heavy (non-hydrogen) atoms. The second-order valence-electron chi connectivity index (χ2n) is 4.61. The van der Waals surface area contributed by atoms with Crippen LogP contribution < -0.4 is 5.32 Å². The van der Waals surface area contributed by atoms with E-state index < -0.39 is 0 Å². The molecule has 0 aromatic heterocycles. The van der Waals surface area contributed by atoms with Crippen LogP contribution in [0.25, 0.3) is 0 Å². The minimum Gasteiger partial charge on any atom is -0.506 e. The van der Waals surface area contributed by atoms with Crippen LogP contribution in [-0.2, 0) is 6.54 Å². The second kappa shape index (κ2) is 5.71. The van der Waals surface area contributed by atoms with Gasteiger partial charge in [0, 0.05) is 24.8 Å². The van der Waals surface area contributed by atoms with Crippen LogP contribution in [0.4, 0.5) is 0 Å². The first-order chi connectivity index (χ1) is 8.22. The molecule has 1 aliphatic rings. The third-order valence-corrected chi connectivity index (χ3v) is 3.82. The quantitative estimate of drug-likeness (QED) is 0.774. The lowest BCUT2D eigenvalue weighted by Gasteiger charge is -2.19. The van der Waals surface area contributed by atoms with E-state index in [2.05, 4.69) is 5.32 Å². The van der Waals surface area contributed by atoms with Crippen molar-refractivity contribution in [3.8, 4) is 5.75 Å². The van der Waals surface area contributed by atoms with Crippen molar-refractivity contribution in [3.05, 3.63) is 28.8 Å². The van der Waals surface area contributed by atoms with Gasteiger partial charge >= 0.3 is 0 Å². The summed E-state index contributed by atoms with van der Waals surface area (Å²) in [6, 6.07) is 5.71. The van der Waals surface area contributed by atoms with Crippen LogP contribution in [0.3, 0.4) is 0 Å². The van der Waals surface area contributed by atoms with Crippen LogP contribution in [0.15, 0.2) is 18.2 Å². The number of aliphatic hydroxyl groups is 1. The van der Waals surface area contributed by atoms with Gasteiger partial charge in [0.15, 0.2) is 0 Å². The summed E-state index contributed by atoms with van der Waals surface area (Å²) >= 11 is 5.85. The molecule has 1 fully saturated rings. The molecule has 0 bridgehead atoms. The van der Waals surface area contributed by atoms with Gasteiger partial charge in [-0.05, 0) is 24.8 Å². The zero-order chi connectivity index (χ0) is 12.3. The van der Waals surface area contributed by atoms with Gasteiger partial charge in [0.2, 0.25) is 0 Å². The summed E-state index contributed by atoms with van der Waals surface area (Å²) < 4.78 is 0. The Morgan fingerprint density at radius 2 is 2.18 bits per heavy atom. The van der Waals surface area contributed by atoms with Crippen LogP contribution in [0.1, 0.15) is 24.8 Å². The van der Waals surface area contributed by atoms with Gasteiger partial charge in [-0.1, -0.05) is 30.2 Å². The van der Waals surface area contributed by atoms with Gasteiger partial charge in [-0.15, -0.1) is 0 Å². The molecule has 1 aromatic carbocycles. The van der Waals surface area contributed by atoms with E-state index in [9.17, 15) is 10.2 Å². The van der Waals surface area contributed by atoms with E-state index in [1.807, 2.05) is 12.1 Å². The van der Waals surface area contributed by atoms with Gasteiger partial charge in [-0.2, -0.15) is 0 Å². The van der Waals surface area contributed by atoms with Gasteiger partial charge < -0.3 is 15.5 Å². The summed E-state index contributed by atoms with van der Waals surface area (Å²) in [5.74, 6) is 0.497. The lowest BCUT2D eigenvalue weighted by molar-refractivity contribution is 0.205. The Morgan fingerprint density at radius 3 is 2.94 bits per heavy atom. The fourth-order valence-electron chi connectivity index (χ4n) is 2.47. The molecule has 1 aromatic rings. The molecule has 0 spiro atoms. The highest BCUT2D eigenvalue weighted by atomic mass is 35.5. The third kappa shape index (κ3) is 2.92. The first-order valence-electron chi connectivity index (χ1n) is 6.03. The van der Waals surface area contributed by atoms with Crippen LogP contribution in [0.5, 0.6) is 5.75 Å². The van der Waals surface area contributed by atoms with Crippen molar-refractivity contribution in [3.63, 3.8) is 0 Å². The van der Waals surface area contributed by atoms with Gasteiger partial charge in [-0.3, -0.25) is 0 Å². The van der Waals surface area contributed by atoms with Crippen molar-refractivity contribution in [2.24, 2.45) is 5.92 Å². The molecule has 1 saturated carbocycles. The molecule has 94 valence electrons. The number of phenols is 1. The van der Waals surface area contributed by atoms with E-state index in [0.717, 1.165) is 24.8 Å². The predicted molar refractivity (Wildman–Crippen MR) is 68.2 cm³/mol. The molecule has 2 rings (SSSR count). The van der Waals surface area contributed by atoms with E-state index >= 15 is 0 Å². The highest BCUT2D eigenvalue weighted by molar-refractivity contribution is 6.32. The predicted octanol–water partition coefficient (Wildman–Crippen LogP) is 2.30. The van der Waals surface area contributed by atoms with Crippen LogP contribution >= 0.6 is 11.6 Å². The Balaban J connectivity index is 1.95. The molecule has 2 unspecified atom stereocenters. The van der Waals surface area contributed by atoms with E-state index in [4.69, 9.17) is 11.6 Å². The molecule has 0 heterocycles. The van der Waals surface area contributed by atoms with Gasteiger partial charge in [-0.25, -0.2) is 0 Å². The minimum absolute atomic E-state index is 0.153. The topological polar surface area (TPSA) is 52.5 Å². The summed E-state index contributed by atoms with van der Waals surface area (Å²) in [6.45, 7) is 0.826.